The zero-order valence-electron chi connectivity index (χ0n) is 10.9. The van der Waals surface area contributed by atoms with Crippen molar-refractivity contribution in [3.63, 3.8) is 0 Å². The van der Waals surface area contributed by atoms with Crippen LogP contribution in [0, 0.1) is 6.92 Å². The Bertz CT molecular complexity index is 448. The molecular weight excluding hydrogens is 248 g/mol. The van der Waals surface area contributed by atoms with Crippen molar-refractivity contribution in [2.45, 2.75) is 20.8 Å². The van der Waals surface area contributed by atoms with Crippen molar-refractivity contribution in [3.05, 3.63) is 29.7 Å². The Morgan fingerprint density at radius 3 is 2.61 bits per heavy atom. The highest BCUT2D eigenvalue weighted by atomic mass is 32.1. The van der Waals surface area contributed by atoms with Crippen molar-refractivity contribution in [1.82, 2.24) is 10.2 Å². The van der Waals surface area contributed by atoms with Crippen LogP contribution in [0.1, 0.15) is 25.4 Å². The Hall–Kier alpha value is -1.62. The monoisotopic (exact) mass is 266 g/mol. The topological polar surface area (TPSA) is 45.5 Å². The second kappa shape index (κ2) is 6.96. The van der Waals surface area contributed by atoms with E-state index in [2.05, 4.69) is 5.32 Å². The zero-order chi connectivity index (χ0) is 13.5. The summed E-state index contributed by atoms with van der Waals surface area (Å²) in [7, 11) is 0. The molecule has 0 aliphatic rings. The molecule has 0 aliphatic carbocycles. The van der Waals surface area contributed by atoms with E-state index in [-0.39, 0.29) is 5.91 Å². The van der Waals surface area contributed by atoms with E-state index >= 15 is 0 Å². The molecule has 1 heterocycles. The molecule has 4 nitrogen and oxygen atoms in total. The molecule has 0 saturated heterocycles. The van der Waals surface area contributed by atoms with Gasteiger partial charge in [-0.3, -0.25) is 10.1 Å². The average molecular weight is 266 g/mol. The Morgan fingerprint density at radius 1 is 1.44 bits per heavy atom. The van der Waals surface area contributed by atoms with E-state index in [0.29, 0.717) is 10.9 Å². The van der Waals surface area contributed by atoms with Crippen LogP contribution in [0.15, 0.2) is 22.6 Å². The molecule has 0 atom stereocenters. The van der Waals surface area contributed by atoms with Gasteiger partial charge in [0.15, 0.2) is 5.11 Å². The van der Waals surface area contributed by atoms with E-state index in [1.165, 1.54) is 6.08 Å². The van der Waals surface area contributed by atoms with E-state index in [4.69, 9.17) is 16.6 Å². The predicted octanol–water partition coefficient (Wildman–Crippen LogP) is 2.34. The maximum atomic E-state index is 11.6. The molecule has 1 rings (SSSR count). The fourth-order valence-corrected chi connectivity index (χ4v) is 1.80. The minimum Gasteiger partial charge on any atom is -0.462 e. The summed E-state index contributed by atoms with van der Waals surface area (Å²) in [5.41, 5.74) is 0. The lowest BCUT2D eigenvalue weighted by atomic mass is 10.4. The third-order valence-corrected chi connectivity index (χ3v) is 2.80. The molecule has 0 fully saturated rings. The minimum absolute atomic E-state index is 0.249. The summed E-state index contributed by atoms with van der Waals surface area (Å²) in [5, 5.41) is 3.10. The van der Waals surface area contributed by atoms with Gasteiger partial charge in [-0.25, -0.2) is 0 Å². The smallest absolute Gasteiger partial charge is 0.250 e. The van der Waals surface area contributed by atoms with Gasteiger partial charge in [0.2, 0.25) is 5.91 Å². The lowest BCUT2D eigenvalue weighted by Crippen LogP contribution is -2.41. The van der Waals surface area contributed by atoms with Crippen LogP contribution >= 0.6 is 12.2 Å². The van der Waals surface area contributed by atoms with Crippen molar-refractivity contribution in [1.29, 1.82) is 0 Å². The van der Waals surface area contributed by atoms with Crippen LogP contribution in [-0.2, 0) is 4.79 Å². The lowest BCUT2D eigenvalue weighted by molar-refractivity contribution is -0.115. The SMILES string of the molecule is CCN(CC)C(=S)NC(=O)C=Cc1ccc(C)o1. The van der Waals surface area contributed by atoms with Gasteiger partial charge in [-0.1, -0.05) is 0 Å². The molecule has 1 N–H and O–H groups in total. The summed E-state index contributed by atoms with van der Waals surface area (Å²) in [6, 6.07) is 3.65. The summed E-state index contributed by atoms with van der Waals surface area (Å²) >= 11 is 5.12. The van der Waals surface area contributed by atoms with Gasteiger partial charge in [-0.05, 0) is 51.2 Å². The van der Waals surface area contributed by atoms with Crippen LogP contribution in [0.25, 0.3) is 6.08 Å². The molecule has 98 valence electrons. The van der Waals surface area contributed by atoms with Gasteiger partial charge in [0.05, 0.1) is 0 Å². The molecule has 0 aromatic carbocycles. The van der Waals surface area contributed by atoms with Gasteiger partial charge in [0.25, 0.3) is 0 Å². The van der Waals surface area contributed by atoms with E-state index < -0.39 is 0 Å². The normalized spacial score (nSPS) is 10.6. The molecule has 1 aromatic rings. The van der Waals surface area contributed by atoms with E-state index in [9.17, 15) is 4.79 Å². The first-order valence-electron chi connectivity index (χ1n) is 5.91. The number of nitrogens with zero attached hydrogens (tertiary/aromatic N) is 1. The molecule has 0 saturated carbocycles. The van der Waals surface area contributed by atoms with Gasteiger partial charge in [0.1, 0.15) is 11.5 Å². The minimum atomic E-state index is -0.249. The first kappa shape index (κ1) is 14.4. The number of hydrogen-bond acceptors (Lipinski definition) is 3. The number of furan rings is 1. The highest BCUT2D eigenvalue weighted by molar-refractivity contribution is 7.80. The fraction of sp³-hybridized carbons (Fsp3) is 0.385. The lowest BCUT2D eigenvalue weighted by Gasteiger charge is -2.21. The molecule has 5 heteroatoms. The van der Waals surface area contributed by atoms with Crippen LogP contribution < -0.4 is 5.32 Å². The molecule has 0 radical (unpaired) electrons. The maximum Gasteiger partial charge on any atom is 0.250 e. The van der Waals surface area contributed by atoms with Crippen molar-refractivity contribution >= 4 is 29.3 Å². The van der Waals surface area contributed by atoms with Crippen LogP contribution in [0.2, 0.25) is 0 Å². The standard InChI is InChI=1S/C13H18N2O2S/c1-4-15(5-2)13(18)14-12(16)9-8-11-7-6-10(3)17-11/h6-9H,4-5H2,1-3H3,(H,14,16,18). The van der Waals surface area contributed by atoms with E-state index in [0.717, 1.165) is 18.8 Å². The van der Waals surface area contributed by atoms with Gasteiger partial charge in [-0.15, -0.1) is 0 Å². The first-order valence-corrected chi connectivity index (χ1v) is 6.32. The Morgan fingerprint density at radius 2 is 2.11 bits per heavy atom. The third-order valence-electron chi connectivity index (χ3n) is 2.44. The number of amides is 1. The predicted molar refractivity (Wildman–Crippen MR) is 76.1 cm³/mol. The Kier molecular flexibility index (Phi) is 5.58. The molecule has 18 heavy (non-hydrogen) atoms. The van der Waals surface area contributed by atoms with Gasteiger partial charge >= 0.3 is 0 Å². The van der Waals surface area contributed by atoms with Crippen LogP contribution in [0.5, 0.6) is 0 Å². The molecule has 1 amide bonds. The number of carbonyl (C=O) groups excluding carboxylic acids is 1. The molecular formula is C13H18N2O2S. The van der Waals surface area contributed by atoms with Gasteiger partial charge < -0.3 is 9.32 Å². The van der Waals surface area contributed by atoms with Crippen molar-refractivity contribution in [3.8, 4) is 0 Å². The number of thiocarbonyl (C=S) groups is 1. The number of carbonyl (C=O) groups is 1. The second-order valence-corrected chi connectivity index (χ2v) is 4.14. The number of hydrogen-bond donors (Lipinski definition) is 1. The summed E-state index contributed by atoms with van der Waals surface area (Å²) in [6.45, 7) is 7.38. The highest BCUT2D eigenvalue weighted by Gasteiger charge is 2.07. The third kappa shape index (κ3) is 4.33. The molecule has 0 aliphatic heterocycles. The van der Waals surface area contributed by atoms with Crippen LogP contribution in [-0.4, -0.2) is 29.0 Å². The van der Waals surface area contributed by atoms with Gasteiger partial charge in [0, 0.05) is 19.2 Å². The van der Waals surface area contributed by atoms with Crippen molar-refractivity contribution in [2.24, 2.45) is 0 Å². The average Bonchev–Trinajstić information content (AvgIpc) is 2.74. The second-order valence-electron chi connectivity index (χ2n) is 3.75. The fourth-order valence-electron chi connectivity index (χ4n) is 1.44. The molecule has 1 aromatic heterocycles. The summed E-state index contributed by atoms with van der Waals surface area (Å²) in [6.07, 6.45) is 3.03. The summed E-state index contributed by atoms with van der Waals surface area (Å²) in [4.78, 5) is 13.5. The first-order chi connectivity index (χ1) is 8.56. The van der Waals surface area contributed by atoms with E-state index in [1.54, 1.807) is 6.08 Å². The van der Waals surface area contributed by atoms with Gasteiger partial charge in [-0.2, -0.15) is 0 Å². The Balaban J connectivity index is 2.51. The molecule has 0 spiro atoms. The largest absolute Gasteiger partial charge is 0.462 e. The molecule has 0 unspecified atom stereocenters. The quantitative estimate of drug-likeness (QED) is 0.671. The van der Waals surface area contributed by atoms with Crippen molar-refractivity contribution in [2.75, 3.05) is 13.1 Å². The Labute approximate surface area is 113 Å². The summed E-state index contributed by atoms with van der Waals surface area (Å²) < 4.78 is 5.32. The number of rotatable bonds is 4. The highest BCUT2D eigenvalue weighted by Crippen LogP contribution is 2.07. The molecule has 0 bridgehead atoms. The van der Waals surface area contributed by atoms with Crippen molar-refractivity contribution < 1.29 is 9.21 Å². The number of nitrogens with one attached hydrogen (secondary N) is 1. The van der Waals surface area contributed by atoms with Crippen LogP contribution in [0.4, 0.5) is 0 Å². The number of aryl methyl sites for hydroxylation is 1. The van der Waals surface area contributed by atoms with Crippen LogP contribution in [0.3, 0.4) is 0 Å². The zero-order valence-corrected chi connectivity index (χ0v) is 11.7. The van der Waals surface area contributed by atoms with E-state index in [1.807, 2.05) is 37.8 Å². The maximum absolute atomic E-state index is 11.6. The summed E-state index contributed by atoms with van der Waals surface area (Å²) in [5.74, 6) is 1.21.